The molecule has 0 aromatic heterocycles. The molecule has 0 aromatic rings. The fourth-order valence-corrected chi connectivity index (χ4v) is 1.83. The van der Waals surface area contributed by atoms with Crippen LogP contribution in [0.4, 0.5) is 0 Å². The van der Waals surface area contributed by atoms with Crippen LogP contribution in [0.3, 0.4) is 0 Å². The number of carbonyl (C=O) groups excluding carboxylic acids is 1. The topological polar surface area (TPSA) is 92.4 Å². The Labute approximate surface area is 103 Å². The highest BCUT2D eigenvalue weighted by Crippen LogP contribution is 2.17. The number of rotatable bonds is 8. The van der Waals surface area contributed by atoms with Gasteiger partial charge in [-0.2, -0.15) is 0 Å². The summed E-state index contributed by atoms with van der Waals surface area (Å²) >= 11 is 0. The highest BCUT2D eigenvalue weighted by Gasteiger charge is 2.37. The van der Waals surface area contributed by atoms with Crippen LogP contribution >= 0.6 is 0 Å². The maximum atomic E-state index is 11.9. The monoisotopic (exact) mass is 244 g/mol. The van der Waals surface area contributed by atoms with E-state index < -0.39 is 11.5 Å². The van der Waals surface area contributed by atoms with Crippen molar-refractivity contribution >= 4 is 11.9 Å². The normalized spacial score (nSPS) is 13.2. The molecule has 0 spiro atoms. The standard InChI is InChI=1S/C12H24N2O3/c1-4-7-9(8-13)10(15)14-12(5-2,6-3)11(16)17/h9H,4-8,13H2,1-3H3,(H,14,15)(H,16,17). The van der Waals surface area contributed by atoms with Gasteiger partial charge in [-0.05, 0) is 19.3 Å². The highest BCUT2D eigenvalue weighted by atomic mass is 16.4. The first-order valence-corrected chi connectivity index (χ1v) is 6.22. The van der Waals surface area contributed by atoms with Crippen molar-refractivity contribution < 1.29 is 14.7 Å². The number of hydrogen-bond donors (Lipinski definition) is 3. The van der Waals surface area contributed by atoms with Crippen molar-refractivity contribution in [3.05, 3.63) is 0 Å². The molecule has 0 saturated heterocycles. The molecule has 1 amide bonds. The van der Waals surface area contributed by atoms with E-state index in [1.54, 1.807) is 13.8 Å². The van der Waals surface area contributed by atoms with Gasteiger partial charge in [-0.25, -0.2) is 4.79 Å². The van der Waals surface area contributed by atoms with Crippen LogP contribution in [0, 0.1) is 5.92 Å². The van der Waals surface area contributed by atoms with Gasteiger partial charge in [-0.3, -0.25) is 4.79 Å². The predicted octanol–water partition coefficient (Wildman–Crippen LogP) is 1.12. The molecule has 17 heavy (non-hydrogen) atoms. The smallest absolute Gasteiger partial charge is 0.329 e. The van der Waals surface area contributed by atoms with Crippen LogP contribution in [0.5, 0.6) is 0 Å². The molecule has 0 aliphatic heterocycles. The van der Waals surface area contributed by atoms with Crippen LogP contribution in [0.25, 0.3) is 0 Å². The zero-order chi connectivity index (χ0) is 13.5. The maximum absolute atomic E-state index is 11.9. The summed E-state index contributed by atoms with van der Waals surface area (Å²) in [4.78, 5) is 23.2. The molecule has 100 valence electrons. The second kappa shape index (κ2) is 7.27. The van der Waals surface area contributed by atoms with E-state index in [-0.39, 0.29) is 18.4 Å². The van der Waals surface area contributed by atoms with Crippen LogP contribution < -0.4 is 11.1 Å². The molecule has 1 atom stereocenters. The number of carboxylic acids is 1. The molecule has 0 aromatic carbocycles. The quantitative estimate of drug-likeness (QED) is 0.596. The van der Waals surface area contributed by atoms with Gasteiger partial charge >= 0.3 is 5.97 Å². The van der Waals surface area contributed by atoms with Gasteiger partial charge in [0.15, 0.2) is 0 Å². The number of carboxylic acid groups (broad SMARTS) is 1. The fourth-order valence-electron chi connectivity index (χ4n) is 1.83. The Hall–Kier alpha value is -1.10. The van der Waals surface area contributed by atoms with Crippen molar-refractivity contribution in [2.24, 2.45) is 11.7 Å². The van der Waals surface area contributed by atoms with Gasteiger partial charge in [-0.1, -0.05) is 27.2 Å². The van der Waals surface area contributed by atoms with Gasteiger partial charge in [0, 0.05) is 6.54 Å². The summed E-state index contributed by atoms with van der Waals surface area (Å²) in [5.41, 5.74) is 4.37. The Kier molecular flexibility index (Phi) is 6.80. The summed E-state index contributed by atoms with van der Waals surface area (Å²) in [5, 5.41) is 11.9. The number of carbonyl (C=O) groups is 2. The van der Waals surface area contributed by atoms with E-state index in [4.69, 9.17) is 5.73 Å². The summed E-state index contributed by atoms with van der Waals surface area (Å²) in [5.74, 6) is -1.53. The van der Waals surface area contributed by atoms with Gasteiger partial charge in [0.1, 0.15) is 5.54 Å². The molecule has 0 aliphatic rings. The van der Waals surface area contributed by atoms with E-state index in [2.05, 4.69) is 5.32 Å². The molecule has 0 rings (SSSR count). The minimum Gasteiger partial charge on any atom is -0.480 e. The van der Waals surface area contributed by atoms with Crippen molar-refractivity contribution in [2.75, 3.05) is 6.54 Å². The van der Waals surface area contributed by atoms with Crippen molar-refractivity contribution in [2.45, 2.75) is 52.0 Å². The molecule has 1 unspecified atom stereocenters. The second-order valence-corrected chi connectivity index (χ2v) is 4.30. The molecule has 0 fully saturated rings. The Morgan fingerprint density at radius 2 is 1.82 bits per heavy atom. The van der Waals surface area contributed by atoms with E-state index in [0.717, 1.165) is 6.42 Å². The lowest BCUT2D eigenvalue weighted by atomic mass is 9.91. The molecule has 5 heteroatoms. The van der Waals surface area contributed by atoms with Gasteiger partial charge in [-0.15, -0.1) is 0 Å². The summed E-state index contributed by atoms with van der Waals surface area (Å²) in [7, 11) is 0. The molecule has 0 saturated carbocycles. The Bertz CT molecular complexity index is 262. The lowest BCUT2D eigenvalue weighted by molar-refractivity contribution is -0.148. The first-order chi connectivity index (χ1) is 7.97. The van der Waals surface area contributed by atoms with E-state index in [9.17, 15) is 14.7 Å². The third kappa shape index (κ3) is 4.00. The molecular formula is C12H24N2O3. The van der Waals surface area contributed by atoms with E-state index in [1.807, 2.05) is 6.92 Å². The Balaban J connectivity index is 4.76. The number of amides is 1. The van der Waals surface area contributed by atoms with Crippen molar-refractivity contribution in [1.29, 1.82) is 0 Å². The highest BCUT2D eigenvalue weighted by molar-refractivity contribution is 5.88. The summed E-state index contributed by atoms with van der Waals surface area (Å²) in [6.45, 7) is 5.74. The van der Waals surface area contributed by atoms with E-state index in [1.165, 1.54) is 0 Å². The van der Waals surface area contributed by atoms with Crippen molar-refractivity contribution in [1.82, 2.24) is 5.32 Å². The predicted molar refractivity (Wildman–Crippen MR) is 66.5 cm³/mol. The lowest BCUT2D eigenvalue weighted by Crippen LogP contribution is -2.55. The van der Waals surface area contributed by atoms with Gasteiger partial charge < -0.3 is 16.2 Å². The average molecular weight is 244 g/mol. The van der Waals surface area contributed by atoms with Crippen LogP contribution in [0.2, 0.25) is 0 Å². The van der Waals surface area contributed by atoms with Gasteiger partial charge in [0.25, 0.3) is 0 Å². The zero-order valence-corrected chi connectivity index (χ0v) is 11.0. The third-order valence-electron chi connectivity index (χ3n) is 3.27. The molecule has 4 N–H and O–H groups in total. The van der Waals surface area contributed by atoms with Crippen molar-refractivity contribution in [3.63, 3.8) is 0 Å². The molecule has 0 radical (unpaired) electrons. The molecule has 5 nitrogen and oxygen atoms in total. The van der Waals surface area contributed by atoms with E-state index in [0.29, 0.717) is 19.3 Å². The van der Waals surface area contributed by atoms with Crippen molar-refractivity contribution in [3.8, 4) is 0 Å². The van der Waals surface area contributed by atoms with Gasteiger partial charge in [0.05, 0.1) is 5.92 Å². The van der Waals surface area contributed by atoms with Gasteiger partial charge in [0.2, 0.25) is 5.91 Å². The summed E-state index contributed by atoms with van der Waals surface area (Å²) in [6, 6.07) is 0. The number of hydrogen-bond acceptors (Lipinski definition) is 3. The zero-order valence-electron chi connectivity index (χ0n) is 11.0. The van der Waals surface area contributed by atoms with Crippen LogP contribution in [-0.2, 0) is 9.59 Å². The lowest BCUT2D eigenvalue weighted by Gasteiger charge is -2.30. The average Bonchev–Trinajstić information content (AvgIpc) is 2.32. The summed E-state index contributed by atoms with van der Waals surface area (Å²) < 4.78 is 0. The molecule has 0 bridgehead atoms. The van der Waals surface area contributed by atoms with Crippen LogP contribution in [0.15, 0.2) is 0 Å². The minimum atomic E-state index is -1.15. The third-order valence-corrected chi connectivity index (χ3v) is 3.27. The fraction of sp³-hybridized carbons (Fsp3) is 0.833. The Morgan fingerprint density at radius 1 is 1.29 bits per heavy atom. The first kappa shape index (κ1) is 15.9. The first-order valence-electron chi connectivity index (χ1n) is 6.22. The second-order valence-electron chi connectivity index (χ2n) is 4.30. The SMILES string of the molecule is CCCC(CN)C(=O)NC(CC)(CC)C(=O)O. The Morgan fingerprint density at radius 3 is 2.12 bits per heavy atom. The van der Waals surface area contributed by atoms with E-state index >= 15 is 0 Å². The summed E-state index contributed by atoms with van der Waals surface area (Å²) in [6.07, 6.45) is 2.28. The molecular weight excluding hydrogens is 220 g/mol. The minimum absolute atomic E-state index is 0.250. The van der Waals surface area contributed by atoms with Crippen LogP contribution in [0.1, 0.15) is 46.5 Å². The van der Waals surface area contributed by atoms with Crippen LogP contribution in [-0.4, -0.2) is 29.1 Å². The largest absolute Gasteiger partial charge is 0.480 e. The maximum Gasteiger partial charge on any atom is 0.329 e. The number of nitrogens with one attached hydrogen (secondary N) is 1. The number of nitrogens with two attached hydrogens (primary N) is 1. The molecule has 0 aliphatic carbocycles. The molecule has 0 heterocycles. The number of aliphatic carboxylic acids is 1.